The number of hydrogen-bond donors (Lipinski definition) is 0. The number of aryl methyl sites for hydroxylation is 1. The Morgan fingerprint density at radius 3 is 2.47 bits per heavy atom. The first-order chi connectivity index (χ1) is 8.15. The second-order valence-corrected chi connectivity index (χ2v) is 5.38. The maximum Gasteiger partial charge on any atom is 0.124 e. The molecule has 1 nitrogen and oxygen atoms in total. The van der Waals surface area contributed by atoms with Gasteiger partial charge in [-0.2, -0.15) is 0 Å². The normalized spacial score (nSPS) is 12.4. The molecule has 0 spiro atoms. The van der Waals surface area contributed by atoms with Crippen LogP contribution in [0.5, 0.6) is 0 Å². The second-order valence-electron chi connectivity index (χ2n) is 3.93. The summed E-state index contributed by atoms with van der Waals surface area (Å²) in [6.07, 6.45) is 0. The summed E-state index contributed by atoms with van der Waals surface area (Å²) >= 11 is 0. The molecule has 0 fully saturated rings. The number of hydrogen-bond acceptors (Lipinski definition) is 1. The largest absolute Gasteiger partial charge is 0.254 e. The molecule has 0 aliphatic carbocycles. The molecule has 2 aromatic carbocycles. The molecule has 0 N–H and O–H groups in total. The Morgan fingerprint density at radius 2 is 1.82 bits per heavy atom. The minimum Gasteiger partial charge on any atom is -0.254 e. The fourth-order valence-corrected chi connectivity index (χ4v) is 2.66. The van der Waals surface area contributed by atoms with Gasteiger partial charge in [0.05, 0.1) is 16.6 Å². The van der Waals surface area contributed by atoms with Crippen LogP contribution in [0.4, 0.5) is 4.39 Å². The molecule has 0 saturated heterocycles. The number of benzene rings is 2. The van der Waals surface area contributed by atoms with E-state index in [1.54, 1.807) is 12.1 Å². The molecular weight excluding hydrogens is 235 g/mol. The van der Waals surface area contributed by atoms with Crippen molar-refractivity contribution in [3.63, 3.8) is 0 Å². The van der Waals surface area contributed by atoms with Gasteiger partial charge in [-0.1, -0.05) is 35.9 Å². The predicted octanol–water partition coefficient (Wildman–Crippen LogP) is 3.44. The Balaban J connectivity index is 2.14. The minimum atomic E-state index is -1.19. The highest BCUT2D eigenvalue weighted by atomic mass is 32.2. The van der Waals surface area contributed by atoms with Crippen molar-refractivity contribution in [3.05, 3.63) is 65.5 Å². The van der Waals surface area contributed by atoms with Crippen LogP contribution in [0.25, 0.3) is 0 Å². The Kier molecular flexibility index (Phi) is 3.69. The topological polar surface area (TPSA) is 17.1 Å². The van der Waals surface area contributed by atoms with Crippen LogP contribution in [0.2, 0.25) is 0 Å². The summed E-state index contributed by atoms with van der Waals surface area (Å²) in [5.74, 6) is 0.0729. The van der Waals surface area contributed by atoms with Crippen molar-refractivity contribution in [2.45, 2.75) is 17.6 Å². The maximum absolute atomic E-state index is 13.0. The lowest BCUT2D eigenvalue weighted by Crippen LogP contribution is -1.97. The van der Waals surface area contributed by atoms with E-state index in [4.69, 9.17) is 0 Å². The molecule has 0 aromatic heterocycles. The van der Waals surface area contributed by atoms with Gasteiger partial charge in [0, 0.05) is 4.90 Å². The maximum atomic E-state index is 13.0. The molecule has 17 heavy (non-hydrogen) atoms. The molecule has 0 aliphatic rings. The highest BCUT2D eigenvalue weighted by Crippen LogP contribution is 2.14. The summed E-state index contributed by atoms with van der Waals surface area (Å²) in [4.78, 5) is 0.533. The van der Waals surface area contributed by atoms with Crippen molar-refractivity contribution in [2.24, 2.45) is 0 Å². The Morgan fingerprint density at radius 1 is 1.12 bits per heavy atom. The van der Waals surface area contributed by atoms with Crippen LogP contribution < -0.4 is 0 Å². The molecule has 0 radical (unpaired) electrons. The van der Waals surface area contributed by atoms with E-state index in [2.05, 4.69) is 0 Å². The lowest BCUT2D eigenvalue weighted by atomic mass is 10.2. The summed E-state index contributed by atoms with van der Waals surface area (Å²) in [5.41, 5.74) is 2.17. The molecule has 0 saturated carbocycles. The van der Waals surface area contributed by atoms with Crippen LogP contribution in [0.3, 0.4) is 0 Å². The average molecular weight is 248 g/mol. The van der Waals surface area contributed by atoms with E-state index < -0.39 is 10.8 Å². The molecule has 1 unspecified atom stereocenters. The van der Waals surface area contributed by atoms with E-state index >= 15 is 0 Å². The van der Waals surface area contributed by atoms with Crippen LogP contribution in [0.15, 0.2) is 53.4 Å². The Bertz CT molecular complexity index is 534. The molecule has 3 heteroatoms. The van der Waals surface area contributed by atoms with Gasteiger partial charge in [-0.15, -0.1) is 0 Å². The minimum absolute atomic E-state index is 0.347. The van der Waals surface area contributed by atoms with E-state index in [1.165, 1.54) is 17.7 Å². The third-order valence-electron chi connectivity index (χ3n) is 2.48. The quantitative estimate of drug-likeness (QED) is 0.813. The zero-order chi connectivity index (χ0) is 12.3. The van der Waals surface area contributed by atoms with Gasteiger partial charge >= 0.3 is 0 Å². The molecule has 0 bridgehead atoms. The van der Waals surface area contributed by atoms with Crippen LogP contribution >= 0.6 is 0 Å². The van der Waals surface area contributed by atoms with E-state index in [-0.39, 0.29) is 5.82 Å². The number of rotatable bonds is 3. The molecule has 88 valence electrons. The zero-order valence-corrected chi connectivity index (χ0v) is 10.3. The van der Waals surface area contributed by atoms with Crippen LogP contribution in [-0.2, 0) is 16.6 Å². The van der Waals surface area contributed by atoms with Crippen molar-refractivity contribution in [2.75, 3.05) is 0 Å². The number of halogens is 1. The zero-order valence-electron chi connectivity index (χ0n) is 9.52. The first-order valence-electron chi connectivity index (χ1n) is 5.34. The third-order valence-corrected chi connectivity index (χ3v) is 3.85. The summed E-state index contributed by atoms with van der Waals surface area (Å²) in [6.45, 7) is 2.01. The van der Waals surface area contributed by atoms with Gasteiger partial charge in [-0.25, -0.2) is 4.39 Å². The van der Waals surface area contributed by atoms with Crippen molar-refractivity contribution < 1.29 is 8.60 Å². The first kappa shape index (κ1) is 12.0. The van der Waals surface area contributed by atoms with E-state index in [0.29, 0.717) is 10.6 Å². The van der Waals surface area contributed by atoms with E-state index in [1.807, 2.05) is 31.2 Å². The molecule has 0 heterocycles. The summed E-state index contributed by atoms with van der Waals surface area (Å²) < 4.78 is 25.0. The van der Waals surface area contributed by atoms with Gasteiger partial charge in [0.15, 0.2) is 0 Å². The predicted molar refractivity (Wildman–Crippen MR) is 67.7 cm³/mol. The van der Waals surface area contributed by atoms with Crippen molar-refractivity contribution >= 4 is 10.8 Å². The molecule has 0 amide bonds. The Labute approximate surface area is 103 Å². The van der Waals surface area contributed by atoms with Crippen molar-refractivity contribution in [1.29, 1.82) is 0 Å². The summed E-state index contributed by atoms with van der Waals surface area (Å²) in [6, 6.07) is 13.8. The standard InChI is InChI=1S/C14H13FOS/c1-11-5-7-12(8-6-11)10-17(16)14-4-2-3-13(15)9-14/h2-9H,10H2,1H3. The van der Waals surface area contributed by atoms with Gasteiger partial charge in [0.2, 0.25) is 0 Å². The highest BCUT2D eigenvalue weighted by Gasteiger charge is 2.05. The van der Waals surface area contributed by atoms with Gasteiger partial charge in [0.1, 0.15) is 5.82 Å². The second kappa shape index (κ2) is 5.23. The van der Waals surface area contributed by atoms with Crippen LogP contribution in [-0.4, -0.2) is 4.21 Å². The molecule has 1 atom stereocenters. The van der Waals surface area contributed by atoms with Gasteiger partial charge in [-0.05, 0) is 30.7 Å². The van der Waals surface area contributed by atoms with Gasteiger partial charge < -0.3 is 0 Å². The smallest absolute Gasteiger partial charge is 0.124 e. The molecular formula is C14H13FOS. The molecule has 2 aromatic rings. The lowest BCUT2D eigenvalue weighted by Gasteiger charge is -2.03. The van der Waals surface area contributed by atoms with Crippen molar-refractivity contribution in [3.8, 4) is 0 Å². The summed E-state index contributed by atoms with van der Waals surface area (Å²) in [7, 11) is -1.19. The molecule has 2 rings (SSSR count). The lowest BCUT2D eigenvalue weighted by molar-refractivity contribution is 0.622. The third kappa shape index (κ3) is 3.24. The summed E-state index contributed by atoms with van der Waals surface area (Å²) in [5, 5.41) is 0. The average Bonchev–Trinajstić information content (AvgIpc) is 2.32. The highest BCUT2D eigenvalue weighted by molar-refractivity contribution is 7.84. The van der Waals surface area contributed by atoms with Crippen LogP contribution in [0.1, 0.15) is 11.1 Å². The molecule has 0 aliphatic heterocycles. The SMILES string of the molecule is Cc1ccc(CS(=O)c2cccc(F)c2)cc1. The van der Waals surface area contributed by atoms with E-state index in [9.17, 15) is 8.60 Å². The van der Waals surface area contributed by atoms with Crippen molar-refractivity contribution in [1.82, 2.24) is 0 Å². The first-order valence-corrected chi connectivity index (χ1v) is 6.66. The van der Waals surface area contributed by atoms with E-state index in [0.717, 1.165) is 5.56 Å². The Hall–Kier alpha value is -1.48. The fourth-order valence-electron chi connectivity index (χ4n) is 1.53. The monoisotopic (exact) mass is 248 g/mol. The van der Waals surface area contributed by atoms with Crippen LogP contribution in [0, 0.1) is 12.7 Å². The van der Waals surface area contributed by atoms with Gasteiger partial charge in [-0.3, -0.25) is 4.21 Å². The van der Waals surface area contributed by atoms with Gasteiger partial charge in [0.25, 0.3) is 0 Å². The fraction of sp³-hybridized carbons (Fsp3) is 0.143.